The van der Waals surface area contributed by atoms with Crippen LogP contribution in [0.15, 0.2) is 42.5 Å². The largest absolute Gasteiger partial charge is 0.333 e. The summed E-state index contributed by atoms with van der Waals surface area (Å²) in [5, 5.41) is 2.14. The number of hydrogen-bond donors (Lipinski definition) is 0. The summed E-state index contributed by atoms with van der Waals surface area (Å²) in [6.07, 6.45) is 2.25. The molecule has 1 aliphatic heterocycles. The minimum absolute atomic E-state index is 0.0657. The molecule has 0 aliphatic carbocycles. The van der Waals surface area contributed by atoms with E-state index in [4.69, 9.17) is 28.2 Å². The molecule has 0 spiro atoms. The molecular weight excluding hydrogens is 375 g/mol. The Morgan fingerprint density at radius 1 is 1.24 bits per heavy atom. The SMILES string of the molecule is O=C(Cc1ccc(Cl)cc1Cl)N1CCCC1c1nc2ccccc2s1. The molecule has 1 aliphatic rings. The molecule has 2 heterocycles. The Balaban J connectivity index is 1.57. The molecule has 1 amide bonds. The molecule has 0 N–H and O–H groups in total. The van der Waals surface area contributed by atoms with Gasteiger partial charge < -0.3 is 4.90 Å². The number of amides is 1. The Morgan fingerprint density at radius 2 is 2.08 bits per heavy atom. The maximum atomic E-state index is 12.9. The van der Waals surface area contributed by atoms with Crippen LogP contribution in [0.3, 0.4) is 0 Å². The standard InChI is InChI=1S/C19H16Cl2N2OS/c20-13-8-7-12(14(21)11-13)10-18(24)23-9-3-5-16(23)19-22-15-4-1-2-6-17(15)25-19/h1-2,4,6-8,11,16H,3,5,9-10H2. The zero-order chi connectivity index (χ0) is 17.4. The summed E-state index contributed by atoms with van der Waals surface area (Å²) in [6.45, 7) is 0.768. The molecule has 1 atom stereocenters. The van der Waals surface area contributed by atoms with Crippen LogP contribution in [0.5, 0.6) is 0 Å². The molecule has 3 aromatic rings. The number of likely N-dealkylation sites (tertiary alicyclic amines) is 1. The summed E-state index contributed by atoms with van der Waals surface area (Å²) in [4.78, 5) is 19.6. The third-order valence-electron chi connectivity index (χ3n) is 4.53. The number of hydrogen-bond acceptors (Lipinski definition) is 3. The number of carbonyl (C=O) groups excluding carboxylic acids is 1. The van der Waals surface area contributed by atoms with Crippen molar-refractivity contribution in [3.63, 3.8) is 0 Å². The Morgan fingerprint density at radius 3 is 2.88 bits per heavy atom. The molecule has 0 bridgehead atoms. The molecule has 0 saturated carbocycles. The zero-order valence-corrected chi connectivity index (χ0v) is 15.7. The van der Waals surface area contributed by atoms with Gasteiger partial charge in [0.15, 0.2) is 0 Å². The van der Waals surface area contributed by atoms with E-state index in [2.05, 4.69) is 6.07 Å². The summed E-state index contributed by atoms with van der Waals surface area (Å²) < 4.78 is 1.16. The predicted octanol–water partition coefficient (Wildman–Crippen LogP) is 5.51. The topological polar surface area (TPSA) is 33.2 Å². The van der Waals surface area contributed by atoms with Gasteiger partial charge in [-0.2, -0.15) is 0 Å². The number of fused-ring (bicyclic) bond motifs is 1. The second kappa shape index (κ2) is 6.94. The van der Waals surface area contributed by atoms with E-state index in [1.54, 1.807) is 23.5 Å². The predicted molar refractivity (Wildman–Crippen MR) is 103 cm³/mol. The van der Waals surface area contributed by atoms with Crippen LogP contribution in [0.1, 0.15) is 29.5 Å². The highest BCUT2D eigenvalue weighted by Crippen LogP contribution is 2.37. The van der Waals surface area contributed by atoms with E-state index in [9.17, 15) is 4.79 Å². The lowest BCUT2D eigenvalue weighted by molar-refractivity contribution is -0.131. The van der Waals surface area contributed by atoms with Crippen LogP contribution in [0, 0.1) is 0 Å². The number of carbonyl (C=O) groups is 1. The fourth-order valence-electron chi connectivity index (χ4n) is 3.28. The van der Waals surface area contributed by atoms with Gasteiger partial charge in [-0.1, -0.05) is 41.4 Å². The molecule has 25 heavy (non-hydrogen) atoms. The minimum atomic E-state index is 0.0657. The van der Waals surface area contributed by atoms with Crippen LogP contribution in [0.2, 0.25) is 10.0 Å². The van der Waals surface area contributed by atoms with Crippen molar-refractivity contribution < 1.29 is 4.79 Å². The Hall–Kier alpha value is -1.62. The molecule has 1 saturated heterocycles. The third kappa shape index (κ3) is 3.39. The van der Waals surface area contributed by atoms with Crippen molar-refractivity contribution in [2.75, 3.05) is 6.54 Å². The molecule has 0 radical (unpaired) electrons. The molecule has 3 nitrogen and oxygen atoms in total. The van der Waals surface area contributed by atoms with Gasteiger partial charge in [0.25, 0.3) is 0 Å². The van der Waals surface area contributed by atoms with Crippen LogP contribution >= 0.6 is 34.5 Å². The molecule has 1 unspecified atom stereocenters. The second-order valence-corrected chi connectivity index (χ2v) is 8.08. The van der Waals surface area contributed by atoms with Gasteiger partial charge >= 0.3 is 0 Å². The molecular formula is C19H16Cl2N2OS. The van der Waals surface area contributed by atoms with E-state index >= 15 is 0 Å². The molecule has 6 heteroatoms. The maximum Gasteiger partial charge on any atom is 0.227 e. The van der Waals surface area contributed by atoms with E-state index in [-0.39, 0.29) is 18.4 Å². The molecule has 1 aromatic heterocycles. The summed E-state index contributed by atoms with van der Waals surface area (Å²) in [5.74, 6) is 0.0889. The van der Waals surface area contributed by atoms with E-state index in [1.165, 1.54) is 0 Å². The number of benzene rings is 2. The van der Waals surface area contributed by atoms with Crippen molar-refractivity contribution in [1.29, 1.82) is 0 Å². The van der Waals surface area contributed by atoms with Crippen LogP contribution < -0.4 is 0 Å². The third-order valence-corrected chi connectivity index (χ3v) is 6.25. The van der Waals surface area contributed by atoms with Crippen molar-refractivity contribution in [2.24, 2.45) is 0 Å². The summed E-state index contributed by atoms with van der Waals surface area (Å²) >= 11 is 13.8. The number of halogens is 2. The smallest absolute Gasteiger partial charge is 0.227 e. The molecule has 128 valence electrons. The highest BCUT2D eigenvalue weighted by atomic mass is 35.5. The lowest BCUT2D eigenvalue weighted by atomic mass is 10.1. The fourth-order valence-corrected chi connectivity index (χ4v) is 4.87. The van der Waals surface area contributed by atoms with Crippen molar-refractivity contribution in [3.05, 3.63) is 63.1 Å². The number of aromatic nitrogens is 1. The lowest BCUT2D eigenvalue weighted by Crippen LogP contribution is -2.31. The highest BCUT2D eigenvalue weighted by molar-refractivity contribution is 7.18. The van der Waals surface area contributed by atoms with Gasteiger partial charge in [-0.3, -0.25) is 4.79 Å². The monoisotopic (exact) mass is 390 g/mol. The van der Waals surface area contributed by atoms with Crippen LogP contribution in [-0.4, -0.2) is 22.3 Å². The zero-order valence-electron chi connectivity index (χ0n) is 13.4. The van der Waals surface area contributed by atoms with Crippen LogP contribution in [0.4, 0.5) is 0 Å². The van der Waals surface area contributed by atoms with Gasteiger partial charge in [-0.15, -0.1) is 11.3 Å². The summed E-state index contributed by atoms with van der Waals surface area (Å²) in [6, 6.07) is 13.4. The first-order chi connectivity index (χ1) is 12.1. The minimum Gasteiger partial charge on any atom is -0.333 e. The summed E-state index contributed by atoms with van der Waals surface area (Å²) in [7, 11) is 0. The number of para-hydroxylation sites is 1. The normalized spacial score (nSPS) is 17.4. The highest BCUT2D eigenvalue weighted by Gasteiger charge is 2.32. The quantitative estimate of drug-likeness (QED) is 0.590. The molecule has 4 rings (SSSR count). The van der Waals surface area contributed by atoms with Crippen molar-refractivity contribution >= 4 is 50.7 Å². The van der Waals surface area contributed by atoms with E-state index in [0.717, 1.165) is 40.2 Å². The van der Waals surface area contributed by atoms with Crippen molar-refractivity contribution in [3.8, 4) is 0 Å². The van der Waals surface area contributed by atoms with Crippen LogP contribution in [0.25, 0.3) is 10.2 Å². The number of nitrogens with zero attached hydrogens (tertiary/aromatic N) is 2. The Kier molecular flexibility index (Phi) is 4.67. The Bertz CT molecular complexity index is 907. The van der Waals surface area contributed by atoms with Crippen molar-refractivity contribution in [1.82, 2.24) is 9.88 Å². The van der Waals surface area contributed by atoms with Gasteiger partial charge in [0.05, 0.1) is 22.7 Å². The van der Waals surface area contributed by atoms with Gasteiger partial charge in [-0.25, -0.2) is 4.98 Å². The fraction of sp³-hybridized carbons (Fsp3) is 0.263. The lowest BCUT2D eigenvalue weighted by Gasteiger charge is -2.23. The van der Waals surface area contributed by atoms with Gasteiger partial charge in [0, 0.05) is 16.6 Å². The van der Waals surface area contributed by atoms with E-state index in [0.29, 0.717) is 10.0 Å². The first-order valence-electron chi connectivity index (χ1n) is 8.20. The van der Waals surface area contributed by atoms with Crippen molar-refractivity contribution in [2.45, 2.75) is 25.3 Å². The average molecular weight is 391 g/mol. The first-order valence-corrected chi connectivity index (χ1v) is 9.78. The molecule has 1 fully saturated rings. The first kappa shape index (κ1) is 16.8. The van der Waals surface area contributed by atoms with Crippen LogP contribution in [-0.2, 0) is 11.2 Å². The van der Waals surface area contributed by atoms with E-state index < -0.39 is 0 Å². The van der Waals surface area contributed by atoms with E-state index in [1.807, 2.05) is 29.2 Å². The summed E-state index contributed by atoms with van der Waals surface area (Å²) in [5.41, 5.74) is 1.81. The molecule has 2 aromatic carbocycles. The van der Waals surface area contributed by atoms with Gasteiger partial charge in [0.2, 0.25) is 5.91 Å². The number of thiazole rings is 1. The maximum absolute atomic E-state index is 12.9. The van der Waals surface area contributed by atoms with Gasteiger partial charge in [0.1, 0.15) is 5.01 Å². The van der Waals surface area contributed by atoms with Gasteiger partial charge in [-0.05, 0) is 42.7 Å². The second-order valence-electron chi connectivity index (χ2n) is 6.18. The number of rotatable bonds is 3. The Labute approximate surface area is 160 Å². The average Bonchev–Trinajstić information content (AvgIpc) is 3.23.